The molecule has 0 aliphatic rings. The zero-order valence-electron chi connectivity index (χ0n) is 14.9. The summed E-state index contributed by atoms with van der Waals surface area (Å²) >= 11 is 6.38. The summed E-state index contributed by atoms with van der Waals surface area (Å²) in [5, 5.41) is 7.97. The number of rotatable bonds is 5. The number of benzene rings is 2. The molecule has 1 N–H and O–H groups in total. The van der Waals surface area contributed by atoms with Crippen LogP contribution in [0.5, 0.6) is 0 Å². The Morgan fingerprint density at radius 1 is 0.964 bits per heavy atom. The average Bonchev–Trinajstić information content (AvgIpc) is 3.19. The molecule has 4 rings (SSSR count). The van der Waals surface area contributed by atoms with Crippen molar-refractivity contribution in [2.24, 2.45) is 0 Å². The first-order valence-corrected chi connectivity index (χ1v) is 9.17. The van der Waals surface area contributed by atoms with Crippen molar-refractivity contribution in [2.75, 3.05) is 0 Å². The molecule has 2 aromatic carbocycles. The molecule has 0 saturated carbocycles. The van der Waals surface area contributed by atoms with Gasteiger partial charge in [-0.05, 0) is 29.8 Å². The number of carbonyl (C=O) groups is 1. The van der Waals surface area contributed by atoms with Gasteiger partial charge in [0.15, 0.2) is 0 Å². The SMILES string of the molecule is O=C(NCc1ccncc1)c1cnn(-c2ccccc2Cl)c1-c1ccccc1. The molecule has 2 heterocycles. The van der Waals surface area contributed by atoms with Gasteiger partial charge in [-0.25, -0.2) is 4.68 Å². The minimum atomic E-state index is -0.200. The zero-order chi connectivity index (χ0) is 19.3. The van der Waals surface area contributed by atoms with E-state index in [1.54, 1.807) is 29.3 Å². The van der Waals surface area contributed by atoms with Crippen LogP contribution in [0.15, 0.2) is 85.3 Å². The Bertz CT molecular complexity index is 1090. The van der Waals surface area contributed by atoms with Crippen LogP contribution in [-0.4, -0.2) is 20.7 Å². The maximum atomic E-state index is 12.9. The summed E-state index contributed by atoms with van der Waals surface area (Å²) in [6.45, 7) is 0.410. The van der Waals surface area contributed by atoms with Crippen LogP contribution in [0.3, 0.4) is 0 Å². The van der Waals surface area contributed by atoms with Crippen LogP contribution in [0.1, 0.15) is 15.9 Å². The molecule has 0 radical (unpaired) electrons. The van der Waals surface area contributed by atoms with Crippen molar-refractivity contribution in [1.29, 1.82) is 0 Å². The normalized spacial score (nSPS) is 10.6. The lowest BCUT2D eigenvalue weighted by Crippen LogP contribution is -2.23. The highest BCUT2D eigenvalue weighted by molar-refractivity contribution is 6.32. The van der Waals surface area contributed by atoms with Crippen LogP contribution in [0.25, 0.3) is 16.9 Å². The lowest BCUT2D eigenvalue weighted by Gasteiger charge is -2.12. The summed E-state index contributed by atoms with van der Waals surface area (Å²) in [6.07, 6.45) is 4.98. The fourth-order valence-corrected chi connectivity index (χ4v) is 3.19. The third-order valence-electron chi connectivity index (χ3n) is 4.34. The number of nitrogens with one attached hydrogen (secondary N) is 1. The summed E-state index contributed by atoms with van der Waals surface area (Å²) in [7, 11) is 0. The molecule has 1 amide bonds. The van der Waals surface area contributed by atoms with Gasteiger partial charge in [-0.1, -0.05) is 54.1 Å². The monoisotopic (exact) mass is 388 g/mol. The van der Waals surface area contributed by atoms with Crippen molar-refractivity contribution in [3.63, 3.8) is 0 Å². The van der Waals surface area contributed by atoms with Gasteiger partial charge in [0.25, 0.3) is 5.91 Å². The Balaban J connectivity index is 1.73. The highest BCUT2D eigenvalue weighted by Crippen LogP contribution is 2.29. The highest BCUT2D eigenvalue weighted by atomic mass is 35.5. The molecule has 28 heavy (non-hydrogen) atoms. The predicted molar refractivity (Wildman–Crippen MR) is 109 cm³/mol. The summed E-state index contributed by atoms with van der Waals surface area (Å²) in [4.78, 5) is 16.9. The Labute approximate surface area is 167 Å². The van der Waals surface area contributed by atoms with Gasteiger partial charge in [0.1, 0.15) is 0 Å². The zero-order valence-corrected chi connectivity index (χ0v) is 15.7. The van der Waals surface area contributed by atoms with Crippen LogP contribution in [0.4, 0.5) is 0 Å². The van der Waals surface area contributed by atoms with Crippen LogP contribution < -0.4 is 5.32 Å². The molecular formula is C22H17ClN4O. The standard InChI is InChI=1S/C22H17ClN4O/c23-19-8-4-5-9-20(19)27-21(17-6-2-1-3-7-17)18(15-26-27)22(28)25-14-16-10-12-24-13-11-16/h1-13,15H,14H2,(H,25,28). The number of hydrogen-bond donors (Lipinski definition) is 1. The van der Waals surface area contributed by atoms with Gasteiger partial charge in [0.2, 0.25) is 0 Å². The second-order valence-corrected chi connectivity index (χ2v) is 6.58. The van der Waals surface area contributed by atoms with E-state index < -0.39 is 0 Å². The van der Waals surface area contributed by atoms with E-state index in [1.807, 2.05) is 60.7 Å². The van der Waals surface area contributed by atoms with E-state index in [2.05, 4.69) is 15.4 Å². The summed E-state index contributed by atoms with van der Waals surface area (Å²) in [6, 6.07) is 20.8. The molecule has 5 nitrogen and oxygen atoms in total. The van der Waals surface area contributed by atoms with Crippen LogP contribution in [0, 0.1) is 0 Å². The molecular weight excluding hydrogens is 372 g/mol. The molecule has 0 aliphatic carbocycles. The molecule has 6 heteroatoms. The first-order valence-electron chi connectivity index (χ1n) is 8.79. The number of hydrogen-bond acceptors (Lipinski definition) is 3. The van der Waals surface area contributed by atoms with E-state index in [0.717, 1.165) is 16.8 Å². The fraction of sp³-hybridized carbons (Fsp3) is 0.0455. The van der Waals surface area contributed by atoms with Crippen LogP contribution >= 0.6 is 11.6 Å². The van der Waals surface area contributed by atoms with Crippen LogP contribution in [-0.2, 0) is 6.54 Å². The smallest absolute Gasteiger partial charge is 0.255 e. The number of para-hydroxylation sites is 1. The highest BCUT2D eigenvalue weighted by Gasteiger charge is 2.20. The molecule has 0 unspecified atom stereocenters. The fourth-order valence-electron chi connectivity index (χ4n) is 2.97. The number of pyridine rings is 1. The number of nitrogens with zero attached hydrogens (tertiary/aromatic N) is 3. The van der Waals surface area contributed by atoms with E-state index in [9.17, 15) is 4.79 Å². The minimum Gasteiger partial charge on any atom is -0.348 e. The molecule has 0 saturated heterocycles. The average molecular weight is 389 g/mol. The molecule has 0 spiro atoms. The second kappa shape index (κ2) is 8.06. The largest absolute Gasteiger partial charge is 0.348 e. The Kier molecular flexibility index (Phi) is 5.17. The van der Waals surface area contributed by atoms with E-state index >= 15 is 0 Å². The molecule has 0 atom stereocenters. The number of carbonyl (C=O) groups excluding carboxylic acids is 1. The third-order valence-corrected chi connectivity index (χ3v) is 4.66. The van der Waals surface area contributed by atoms with Gasteiger partial charge in [0, 0.05) is 24.5 Å². The molecule has 2 aromatic heterocycles. The quantitative estimate of drug-likeness (QED) is 0.547. The number of aromatic nitrogens is 3. The van der Waals surface area contributed by atoms with Crippen LogP contribution in [0.2, 0.25) is 5.02 Å². The van der Waals surface area contributed by atoms with E-state index in [-0.39, 0.29) is 5.91 Å². The Morgan fingerprint density at radius 2 is 1.68 bits per heavy atom. The maximum absolute atomic E-state index is 12.9. The van der Waals surface area contributed by atoms with E-state index in [4.69, 9.17) is 11.6 Å². The van der Waals surface area contributed by atoms with Gasteiger partial charge in [-0.2, -0.15) is 5.10 Å². The van der Waals surface area contributed by atoms with Gasteiger partial charge in [-0.3, -0.25) is 9.78 Å². The lowest BCUT2D eigenvalue weighted by molar-refractivity contribution is 0.0951. The van der Waals surface area contributed by atoms with E-state index in [1.165, 1.54) is 0 Å². The van der Waals surface area contributed by atoms with Gasteiger partial charge >= 0.3 is 0 Å². The first-order chi connectivity index (χ1) is 13.7. The van der Waals surface area contributed by atoms with Crippen molar-refractivity contribution in [3.8, 4) is 16.9 Å². The first kappa shape index (κ1) is 17.9. The Hall–Kier alpha value is -3.44. The molecule has 0 fully saturated rings. The van der Waals surface area contributed by atoms with E-state index in [0.29, 0.717) is 22.8 Å². The minimum absolute atomic E-state index is 0.200. The van der Waals surface area contributed by atoms with Gasteiger partial charge in [0.05, 0.1) is 28.2 Å². The molecule has 0 aliphatic heterocycles. The van der Waals surface area contributed by atoms with Crippen molar-refractivity contribution >= 4 is 17.5 Å². The number of halogens is 1. The van der Waals surface area contributed by atoms with Crippen molar-refractivity contribution in [1.82, 2.24) is 20.1 Å². The topological polar surface area (TPSA) is 59.8 Å². The van der Waals surface area contributed by atoms with Crippen molar-refractivity contribution in [3.05, 3.63) is 101 Å². The Morgan fingerprint density at radius 3 is 2.43 bits per heavy atom. The summed E-state index contributed by atoms with van der Waals surface area (Å²) in [5.41, 5.74) is 3.76. The molecule has 138 valence electrons. The molecule has 4 aromatic rings. The van der Waals surface area contributed by atoms with Crippen molar-refractivity contribution in [2.45, 2.75) is 6.54 Å². The van der Waals surface area contributed by atoms with Crippen molar-refractivity contribution < 1.29 is 4.79 Å². The summed E-state index contributed by atoms with van der Waals surface area (Å²) < 4.78 is 1.71. The van der Waals surface area contributed by atoms with Gasteiger partial charge < -0.3 is 5.32 Å². The summed E-state index contributed by atoms with van der Waals surface area (Å²) in [5.74, 6) is -0.200. The predicted octanol–water partition coefficient (Wildman–Crippen LogP) is 4.52. The van der Waals surface area contributed by atoms with Gasteiger partial charge in [-0.15, -0.1) is 0 Å². The number of amides is 1. The third kappa shape index (κ3) is 3.66. The maximum Gasteiger partial charge on any atom is 0.255 e. The second-order valence-electron chi connectivity index (χ2n) is 6.17. The lowest BCUT2D eigenvalue weighted by atomic mass is 10.1. The molecule has 0 bridgehead atoms.